The van der Waals surface area contributed by atoms with Crippen LogP contribution in [0.15, 0.2) is 0 Å². The highest BCUT2D eigenvalue weighted by atomic mass is 16.6. The largest absolute Gasteiger partial charge is 0.394 e. The van der Waals surface area contributed by atoms with Crippen LogP contribution in [0.4, 0.5) is 0 Å². The molecule has 0 amide bonds. The van der Waals surface area contributed by atoms with Crippen LogP contribution in [0.5, 0.6) is 0 Å². The highest BCUT2D eigenvalue weighted by Crippen LogP contribution is 1.64. The number of hydrogen-bond donors (Lipinski definition) is 1. The van der Waals surface area contributed by atoms with Crippen LogP contribution < -0.4 is 5.48 Å². The minimum Gasteiger partial charge on any atom is -0.394 e. The second-order valence-electron chi connectivity index (χ2n) is 1.00. The highest BCUT2D eigenvalue weighted by molar-refractivity contribution is 4.18. The Kier molecular flexibility index (Phi) is 5.78. The number of nitrogens with zero attached hydrogens (tertiary/aromatic N) is 1. The fourth-order valence-electron chi connectivity index (χ4n) is 0.197. The van der Waals surface area contributed by atoms with Crippen molar-refractivity contribution >= 4 is 0 Å². The molecule has 0 aliphatic rings. The molecule has 0 saturated heterocycles. The maximum atomic E-state index is 8.11. The van der Waals surface area contributed by atoms with Crippen molar-refractivity contribution in [2.75, 3.05) is 19.8 Å². The summed E-state index contributed by atoms with van der Waals surface area (Å²) in [4.78, 5) is 4.51. The topological polar surface area (TPSA) is 43.6 Å². The van der Waals surface area contributed by atoms with Crippen molar-refractivity contribution in [3.05, 3.63) is 0 Å². The molecule has 3 nitrogen and oxygen atoms in total. The van der Waals surface area contributed by atoms with Crippen LogP contribution in [-0.4, -0.2) is 24.9 Å². The van der Waals surface area contributed by atoms with Gasteiger partial charge in [0.1, 0.15) is 0 Å². The number of aliphatic hydroxyl groups is 1. The van der Waals surface area contributed by atoms with Gasteiger partial charge >= 0.3 is 0 Å². The van der Waals surface area contributed by atoms with E-state index in [1.165, 1.54) is 0 Å². The maximum Gasteiger partial charge on any atom is 0.0933 e. The summed E-state index contributed by atoms with van der Waals surface area (Å²) in [5.74, 6) is 0. The Morgan fingerprint density at radius 3 is 2.86 bits per heavy atom. The van der Waals surface area contributed by atoms with E-state index in [0.29, 0.717) is 13.2 Å². The molecule has 7 heavy (non-hydrogen) atoms. The lowest BCUT2D eigenvalue weighted by molar-refractivity contribution is 0.0135. The van der Waals surface area contributed by atoms with E-state index in [1.807, 2.05) is 6.92 Å². The fraction of sp³-hybridized carbons (Fsp3) is 1.00. The Bertz CT molecular complexity index is 28.9. The van der Waals surface area contributed by atoms with Gasteiger partial charge in [0, 0.05) is 6.54 Å². The molecule has 0 bridgehead atoms. The SMILES string of the molecule is CC[N]OCCO. The summed E-state index contributed by atoms with van der Waals surface area (Å²) in [6.45, 7) is 2.88. The van der Waals surface area contributed by atoms with Crippen LogP contribution >= 0.6 is 0 Å². The van der Waals surface area contributed by atoms with E-state index in [4.69, 9.17) is 5.11 Å². The molecule has 0 fully saturated rings. The third-order valence-corrected chi connectivity index (χ3v) is 0.403. The number of hydroxylamine groups is 1. The molecule has 3 heteroatoms. The van der Waals surface area contributed by atoms with E-state index in [2.05, 4.69) is 10.3 Å². The third kappa shape index (κ3) is 5.88. The first kappa shape index (κ1) is 6.88. The molecule has 0 heterocycles. The summed E-state index contributed by atoms with van der Waals surface area (Å²) in [6.07, 6.45) is 0. The second kappa shape index (κ2) is 5.88. The molecule has 0 spiro atoms. The Morgan fingerprint density at radius 1 is 1.71 bits per heavy atom. The highest BCUT2D eigenvalue weighted by Gasteiger charge is 1.79. The van der Waals surface area contributed by atoms with Crippen molar-refractivity contribution in [3.8, 4) is 0 Å². The molecular formula is C4H10NO2. The van der Waals surface area contributed by atoms with Gasteiger partial charge in [-0.1, -0.05) is 5.48 Å². The zero-order valence-electron chi connectivity index (χ0n) is 4.42. The lowest BCUT2D eigenvalue weighted by atomic mass is 10.8. The van der Waals surface area contributed by atoms with Crippen LogP contribution in [0.3, 0.4) is 0 Å². The standard InChI is InChI=1S/C4H10NO2/c1-2-5-7-4-3-6/h6H,2-4H2,1H3. The van der Waals surface area contributed by atoms with E-state index in [1.54, 1.807) is 0 Å². The molecule has 0 unspecified atom stereocenters. The van der Waals surface area contributed by atoms with Gasteiger partial charge in [0.15, 0.2) is 0 Å². The van der Waals surface area contributed by atoms with Gasteiger partial charge < -0.3 is 5.11 Å². The van der Waals surface area contributed by atoms with Crippen LogP contribution in [0.1, 0.15) is 6.92 Å². The summed E-state index contributed by atoms with van der Waals surface area (Å²) in [5.41, 5.74) is 3.50. The van der Waals surface area contributed by atoms with Gasteiger partial charge in [-0.15, -0.1) is 0 Å². The predicted octanol–water partition coefficient (Wildman–Crippen LogP) is -0.465. The maximum absolute atomic E-state index is 8.11. The number of aliphatic hydroxyl groups excluding tert-OH is 1. The second-order valence-corrected chi connectivity index (χ2v) is 1.00. The quantitative estimate of drug-likeness (QED) is 0.387. The van der Waals surface area contributed by atoms with Crippen molar-refractivity contribution in [1.29, 1.82) is 0 Å². The first-order valence-electron chi connectivity index (χ1n) is 2.31. The summed E-state index contributed by atoms with van der Waals surface area (Å²) >= 11 is 0. The molecule has 0 aliphatic carbocycles. The van der Waals surface area contributed by atoms with Gasteiger partial charge in [-0.05, 0) is 6.92 Å². The Balaban J connectivity index is 2.45. The Hall–Kier alpha value is -0.120. The van der Waals surface area contributed by atoms with Crippen molar-refractivity contribution in [2.45, 2.75) is 6.92 Å². The van der Waals surface area contributed by atoms with Gasteiger partial charge in [-0.2, -0.15) is 0 Å². The van der Waals surface area contributed by atoms with Crippen LogP contribution in [0.2, 0.25) is 0 Å². The van der Waals surface area contributed by atoms with E-state index in [-0.39, 0.29) is 6.61 Å². The number of hydrogen-bond acceptors (Lipinski definition) is 2. The van der Waals surface area contributed by atoms with Crippen LogP contribution in [-0.2, 0) is 4.84 Å². The normalized spacial score (nSPS) is 9.43. The van der Waals surface area contributed by atoms with Gasteiger partial charge in [-0.3, -0.25) is 4.84 Å². The zero-order valence-corrected chi connectivity index (χ0v) is 4.42. The van der Waals surface area contributed by atoms with Crippen molar-refractivity contribution in [3.63, 3.8) is 0 Å². The summed E-state index contributed by atoms with van der Waals surface area (Å²) in [7, 11) is 0. The monoisotopic (exact) mass is 104 g/mol. The van der Waals surface area contributed by atoms with E-state index < -0.39 is 0 Å². The van der Waals surface area contributed by atoms with Gasteiger partial charge in [0.2, 0.25) is 0 Å². The van der Waals surface area contributed by atoms with Crippen molar-refractivity contribution in [1.82, 2.24) is 5.48 Å². The molecule has 0 atom stereocenters. The molecular weight excluding hydrogens is 94.0 g/mol. The lowest BCUT2D eigenvalue weighted by Crippen LogP contribution is -2.08. The molecule has 0 aromatic rings. The molecule has 0 aromatic carbocycles. The average Bonchev–Trinajstić information content (AvgIpc) is 1.69. The van der Waals surface area contributed by atoms with E-state index in [9.17, 15) is 0 Å². The molecule has 0 aromatic heterocycles. The molecule has 1 N–H and O–H groups in total. The van der Waals surface area contributed by atoms with Crippen LogP contribution in [0, 0.1) is 0 Å². The molecule has 43 valence electrons. The molecule has 0 aliphatic heterocycles. The third-order valence-electron chi connectivity index (χ3n) is 0.403. The zero-order chi connectivity index (χ0) is 5.54. The molecule has 0 rings (SSSR count). The summed E-state index contributed by atoms with van der Waals surface area (Å²) in [6, 6.07) is 0. The van der Waals surface area contributed by atoms with Crippen molar-refractivity contribution in [2.24, 2.45) is 0 Å². The average molecular weight is 104 g/mol. The summed E-state index contributed by atoms with van der Waals surface area (Å²) < 4.78 is 0. The van der Waals surface area contributed by atoms with E-state index >= 15 is 0 Å². The Labute approximate surface area is 43.2 Å². The minimum absolute atomic E-state index is 0.0451. The van der Waals surface area contributed by atoms with Crippen molar-refractivity contribution < 1.29 is 9.94 Å². The summed E-state index contributed by atoms with van der Waals surface area (Å²) in [5, 5.41) is 8.11. The van der Waals surface area contributed by atoms with Gasteiger partial charge in [0.05, 0.1) is 13.2 Å². The lowest BCUT2D eigenvalue weighted by Gasteiger charge is -1.93. The van der Waals surface area contributed by atoms with Gasteiger partial charge in [0.25, 0.3) is 0 Å². The predicted molar refractivity (Wildman–Crippen MR) is 25.7 cm³/mol. The van der Waals surface area contributed by atoms with E-state index in [0.717, 1.165) is 0 Å². The first-order valence-corrected chi connectivity index (χ1v) is 2.31. The first-order chi connectivity index (χ1) is 3.41. The fourth-order valence-corrected chi connectivity index (χ4v) is 0.197. The Morgan fingerprint density at radius 2 is 2.43 bits per heavy atom. The smallest absolute Gasteiger partial charge is 0.0933 e. The van der Waals surface area contributed by atoms with Gasteiger partial charge in [-0.25, -0.2) is 0 Å². The molecule has 1 radical (unpaired) electrons. The molecule has 0 saturated carbocycles. The number of rotatable bonds is 4. The van der Waals surface area contributed by atoms with Crippen LogP contribution in [0.25, 0.3) is 0 Å². The minimum atomic E-state index is 0.0451.